The maximum absolute atomic E-state index is 3.54. The molecule has 0 bridgehead atoms. The Kier molecular flexibility index (Phi) is 4.90. The van der Waals surface area contributed by atoms with Gasteiger partial charge in [0, 0.05) is 18.6 Å². The van der Waals surface area contributed by atoms with Gasteiger partial charge in [-0.25, -0.2) is 0 Å². The van der Waals surface area contributed by atoms with Crippen LogP contribution in [0.3, 0.4) is 0 Å². The minimum absolute atomic E-state index is 0.626. The first-order chi connectivity index (χ1) is 6.65. The van der Waals surface area contributed by atoms with Gasteiger partial charge in [-0.3, -0.25) is 0 Å². The molecule has 1 rings (SSSR count). The van der Waals surface area contributed by atoms with Gasteiger partial charge in [-0.15, -0.1) is 0 Å². The lowest BCUT2D eigenvalue weighted by molar-refractivity contribution is 0.214. The minimum Gasteiger partial charge on any atom is -0.313 e. The van der Waals surface area contributed by atoms with E-state index in [1.54, 1.807) is 0 Å². The lowest BCUT2D eigenvalue weighted by atomic mass is 10.1. The van der Waals surface area contributed by atoms with Crippen LogP contribution in [-0.2, 0) is 0 Å². The second-order valence-electron chi connectivity index (χ2n) is 4.87. The fourth-order valence-electron chi connectivity index (χ4n) is 1.99. The quantitative estimate of drug-likeness (QED) is 0.674. The third kappa shape index (κ3) is 3.97. The minimum atomic E-state index is 0.626. The highest BCUT2D eigenvalue weighted by molar-refractivity contribution is 4.85. The molecule has 2 unspecified atom stereocenters. The van der Waals surface area contributed by atoms with E-state index in [-0.39, 0.29) is 0 Å². The molecule has 0 aromatic rings. The van der Waals surface area contributed by atoms with E-state index < -0.39 is 0 Å². The molecular weight excluding hydrogens is 172 g/mol. The van der Waals surface area contributed by atoms with Crippen LogP contribution in [0.2, 0.25) is 0 Å². The van der Waals surface area contributed by atoms with Crippen LogP contribution in [0.4, 0.5) is 0 Å². The molecule has 1 fully saturated rings. The molecular formula is C12H26N2. The Morgan fingerprint density at radius 2 is 2.00 bits per heavy atom. The molecule has 1 N–H and O–H groups in total. The van der Waals surface area contributed by atoms with E-state index in [1.165, 1.54) is 25.8 Å². The molecule has 14 heavy (non-hydrogen) atoms. The Morgan fingerprint density at radius 1 is 1.36 bits per heavy atom. The summed E-state index contributed by atoms with van der Waals surface area (Å²) in [6.07, 6.45) is 4.12. The van der Waals surface area contributed by atoms with Crippen LogP contribution in [0.15, 0.2) is 0 Å². The van der Waals surface area contributed by atoms with E-state index in [4.69, 9.17) is 0 Å². The largest absolute Gasteiger partial charge is 0.313 e. The third-order valence-corrected chi connectivity index (χ3v) is 3.30. The molecule has 1 saturated carbocycles. The standard InChI is InChI=1S/C12H26N2/c1-5-8-13-10(2)9-14(4)11(3)12-6-7-12/h10-13H,5-9H2,1-4H3. The molecule has 2 heteroatoms. The first-order valence-electron chi connectivity index (χ1n) is 6.08. The van der Waals surface area contributed by atoms with Crippen LogP contribution in [0, 0.1) is 5.92 Å². The first-order valence-corrected chi connectivity index (χ1v) is 6.08. The topological polar surface area (TPSA) is 15.3 Å². The lowest BCUT2D eigenvalue weighted by Gasteiger charge is -2.28. The fourth-order valence-corrected chi connectivity index (χ4v) is 1.99. The summed E-state index contributed by atoms with van der Waals surface area (Å²) in [4.78, 5) is 2.50. The van der Waals surface area contributed by atoms with E-state index in [2.05, 4.69) is 38.0 Å². The smallest absolute Gasteiger partial charge is 0.0166 e. The lowest BCUT2D eigenvalue weighted by Crippen LogP contribution is -2.42. The molecule has 2 nitrogen and oxygen atoms in total. The zero-order valence-electron chi connectivity index (χ0n) is 10.2. The zero-order valence-corrected chi connectivity index (χ0v) is 10.2. The highest BCUT2D eigenvalue weighted by Crippen LogP contribution is 2.34. The SMILES string of the molecule is CCCNC(C)CN(C)C(C)C1CC1. The van der Waals surface area contributed by atoms with Gasteiger partial charge in [-0.2, -0.15) is 0 Å². The normalized spacial score (nSPS) is 21.2. The number of hydrogen-bond donors (Lipinski definition) is 1. The van der Waals surface area contributed by atoms with Gasteiger partial charge < -0.3 is 10.2 Å². The van der Waals surface area contributed by atoms with E-state index >= 15 is 0 Å². The number of nitrogens with zero attached hydrogens (tertiary/aromatic N) is 1. The summed E-state index contributed by atoms with van der Waals surface area (Å²) < 4.78 is 0. The monoisotopic (exact) mass is 198 g/mol. The summed E-state index contributed by atoms with van der Waals surface area (Å²) in [5.41, 5.74) is 0. The van der Waals surface area contributed by atoms with Gasteiger partial charge in [0.25, 0.3) is 0 Å². The molecule has 0 heterocycles. The van der Waals surface area contributed by atoms with Crippen molar-refractivity contribution in [3.8, 4) is 0 Å². The molecule has 0 aliphatic heterocycles. The van der Waals surface area contributed by atoms with Crippen LogP contribution < -0.4 is 5.32 Å². The summed E-state index contributed by atoms with van der Waals surface area (Å²) >= 11 is 0. The average molecular weight is 198 g/mol. The van der Waals surface area contributed by atoms with E-state index in [0.29, 0.717) is 6.04 Å². The molecule has 0 amide bonds. The van der Waals surface area contributed by atoms with Crippen molar-refractivity contribution >= 4 is 0 Å². The van der Waals surface area contributed by atoms with Gasteiger partial charge in [0.2, 0.25) is 0 Å². The van der Waals surface area contributed by atoms with Crippen molar-refractivity contribution in [2.75, 3.05) is 20.1 Å². The van der Waals surface area contributed by atoms with Gasteiger partial charge in [0.1, 0.15) is 0 Å². The van der Waals surface area contributed by atoms with E-state index in [1.807, 2.05) is 0 Å². The molecule has 0 aromatic carbocycles. The summed E-state index contributed by atoms with van der Waals surface area (Å²) in [7, 11) is 2.26. The van der Waals surface area contributed by atoms with Crippen LogP contribution in [-0.4, -0.2) is 37.1 Å². The van der Waals surface area contributed by atoms with E-state index in [0.717, 1.165) is 18.5 Å². The molecule has 0 aromatic heterocycles. The molecule has 0 saturated heterocycles. The summed E-state index contributed by atoms with van der Waals surface area (Å²) in [5, 5.41) is 3.54. The van der Waals surface area contributed by atoms with Crippen molar-refractivity contribution in [1.82, 2.24) is 10.2 Å². The molecule has 1 aliphatic rings. The predicted octanol–water partition coefficient (Wildman–Crippen LogP) is 2.10. The predicted molar refractivity (Wildman–Crippen MR) is 62.6 cm³/mol. The zero-order chi connectivity index (χ0) is 10.6. The molecule has 84 valence electrons. The number of likely N-dealkylation sites (N-methyl/N-ethyl adjacent to an activating group) is 1. The second-order valence-corrected chi connectivity index (χ2v) is 4.87. The Hall–Kier alpha value is -0.0800. The van der Waals surface area contributed by atoms with Crippen LogP contribution in [0.25, 0.3) is 0 Å². The maximum atomic E-state index is 3.54. The number of rotatable bonds is 7. The van der Waals surface area contributed by atoms with Crippen molar-refractivity contribution < 1.29 is 0 Å². The summed E-state index contributed by atoms with van der Waals surface area (Å²) in [6.45, 7) is 9.19. The second kappa shape index (κ2) is 5.72. The van der Waals surface area contributed by atoms with E-state index in [9.17, 15) is 0 Å². The fraction of sp³-hybridized carbons (Fsp3) is 1.00. The molecule has 1 aliphatic carbocycles. The van der Waals surface area contributed by atoms with Gasteiger partial charge in [-0.05, 0) is 52.6 Å². The van der Waals surface area contributed by atoms with Crippen LogP contribution in [0.1, 0.15) is 40.0 Å². The van der Waals surface area contributed by atoms with Crippen molar-refractivity contribution in [3.05, 3.63) is 0 Å². The molecule has 0 radical (unpaired) electrons. The van der Waals surface area contributed by atoms with Crippen molar-refractivity contribution in [2.45, 2.75) is 52.1 Å². The Bertz CT molecular complexity index is 154. The number of hydrogen-bond acceptors (Lipinski definition) is 2. The Morgan fingerprint density at radius 3 is 2.50 bits per heavy atom. The van der Waals surface area contributed by atoms with Crippen molar-refractivity contribution in [1.29, 1.82) is 0 Å². The van der Waals surface area contributed by atoms with Crippen molar-refractivity contribution in [2.24, 2.45) is 5.92 Å². The summed E-state index contributed by atoms with van der Waals surface area (Å²) in [6, 6.07) is 1.40. The van der Waals surface area contributed by atoms with Gasteiger partial charge in [-0.1, -0.05) is 6.92 Å². The maximum Gasteiger partial charge on any atom is 0.0166 e. The molecule has 0 spiro atoms. The van der Waals surface area contributed by atoms with Gasteiger partial charge in [0.15, 0.2) is 0 Å². The van der Waals surface area contributed by atoms with Crippen LogP contribution >= 0.6 is 0 Å². The highest BCUT2D eigenvalue weighted by Gasteiger charge is 2.30. The average Bonchev–Trinajstić information content (AvgIpc) is 2.96. The number of nitrogens with one attached hydrogen (secondary N) is 1. The van der Waals surface area contributed by atoms with Crippen LogP contribution in [0.5, 0.6) is 0 Å². The van der Waals surface area contributed by atoms with Gasteiger partial charge >= 0.3 is 0 Å². The third-order valence-electron chi connectivity index (χ3n) is 3.30. The highest BCUT2D eigenvalue weighted by atomic mass is 15.2. The Labute approximate surface area is 89.1 Å². The summed E-state index contributed by atoms with van der Waals surface area (Å²) in [5.74, 6) is 0.985. The van der Waals surface area contributed by atoms with Gasteiger partial charge in [0.05, 0.1) is 0 Å². The molecule has 2 atom stereocenters. The first kappa shape index (κ1) is 12.0. The Balaban J connectivity index is 2.14. The van der Waals surface area contributed by atoms with Crippen molar-refractivity contribution in [3.63, 3.8) is 0 Å².